The molecule has 0 saturated carbocycles. The molecule has 2 aromatic rings. The van der Waals surface area contributed by atoms with E-state index in [1.54, 1.807) is 71.9 Å². The summed E-state index contributed by atoms with van der Waals surface area (Å²) >= 11 is 1.19. The molecule has 15 atom stereocenters. The van der Waals surface area contributed by atoms with Crippen molar-refractivity contribution in [2.45, 2.75) is 223 Å². The van der Waals surface area contributed by atoms with E-state index >= 15 is 0 Å². The number of nitrogens with two attached hydrogens (primary N) is 3. The second-order valence-electron chi connectivity index (χ2n) is 25.9. The summed E-state index contributed by atoms with van der Waals surface area (Å²) in [6.07, 6.45) is -0.0657. The molecule has 1 saturated heterocycles. The van der Waals surface area contributed by atoms with Gasteiger partial charge in [-0.1, -0.05) is 117 Å². The van der Waals surface area contributed by atoms with Gasteiger partial charge in [0.1, 0.15) is 65.7 Å². The number of nitrogens with one attached hydrogen (secondary N) is 12. The normalized spacial score (nSPS) is 22.9. The van der Waals surface area contributed by atoms with Crippen molar-refractivity contribution in [3.63, 3.8) is 0 Å². The largest absolute Gasteiger partial charge is 2.00 e. The third-order valence-corrected chi connectivity index (χ3v) is 18.7. The van der Waals surface area contributed by atoms with Crippen LogP contribution in [0, 0.1) is 23.7 Å². The quantitative estimate of drug-likeness (QED) is 0.0317. The van der Waals surface area contributed by atoms with Crippen molar-refractivity contribution in [1.29, 1.82) is 0 Å². The standard InChI is InChI=1S/C66H103N17O16S.Zn/c1-9-35(6)52(69)66-72-32-48(100-66)63(97)80-43(26-34(4)5)59(93)75-42(22-23-50(85)86)58(92)83-53(36(7)10-2)64(98)76-40-20-15-16-25-71-55(89)46(29-49(68)84)78-62(96)47(30-51(87)88)79-61(95)45(28-39-31-70-33-73-39)77-60(94)44(27-38-18-13-12-14-19-38)81-65(99)54(37(8)11-3)82-57(91)41(21-17-24-67)74-56(40)90;/h12-14,18-19,31,33-37,40-48,52-54H,9-11,15-17,20-30,32,67,69H2,1-8H3,(H2,68,84)(H,70,73)(H,71,89)(H,74,90)(H,75,93)(H,76,98)(H,77,94)(H,78,96)(H,79,95)(H,80,97)(H,81,99)(H,82,91)(H,83,92)(H,85,86)(H,87,88);/q;+2/p-2/t35-,36-,37+,40-,41+,42-,43+,44+,45+,46-,47+,48?,52-,53-,54+;/m0./s1. The fourth-order valence-corrected chi connectivity index (χ4v) is 12.0. The van der Waals surface area contributed by atoms with Crippen molar-refractivity contribution < 1.29 is 96.8 Å². The van der Waals surface area contributed by atoms with Gasteiger partial charge in [0.2, 0.25) is 70.9 Å². The Hall–Kier alpha value is -8.43. The SMILES string of the molecule is CC[C@@H](C)[C@H]1NC(=O)[C@@H](CCCN)NC(=O)[C@@H](NC(=O)[C@@H](NC(=O)[C@H](CCC(=O)[O-])NC(=O)[C@@H](CC(C)C)NC(=O)C2CN=C([C@@H](N)[C@@H](C)CC)S2)[C@@H](C)CC)CCCCNC(=O)[C@H](CC(N)=O)NC(=O)[C@@H](CC(=O)[O-])NC(=O)[C@@H](Cc2cnc[nH]2)NC(=O)[C@@H](Cc2ccccc2)NC1=O.[Zn+2]. The number of nitrogens with zero attached hydrogens (tertiary/aromatic N) is 2. The Balaban J connectivity index is 0.0000265. The molecule has 4 rings (SSSR count). The minimum absolute atomic E-state index is 0. The number of aliphatic imine (C=N–C) groups is 1. The van der Waals surface area contributed by atoms with E-state index in [0.29, 0.717) is 10.6 Å². The van der Waals surface area contributed by atoms with Crippen molar-refractivity contribution in [3.05, 3.63) is 54.1 Å². The molecule has 101 heavy (non-hydrogen) atoms. The zero-order valence-electron chi connectivity index (χ0n) is 58.8. The number of benzene rings is 1. The number of thioether (sulfide) groups is 1. The van der Waals surface area contributed by atoms with Crippen LogP contribution in [0.3, 0.4) is 0 Å². The second-order valence-corrected chi connectivity index (χ2v) is 27.1. The van der Waals surface area contributed by atoms with Gasteiger partial charge in [0.15, 0.2) is 0 Å². The average molecular weight is 1490 g/mol. The van der Waals surface area contributed by atoms with Crippen molar-refractivity contribution in [1.82, 2.24) is 68.5 Å². The van der Waals surface area contributed by atoms with Crippen LogP contribution >= 0.6 is 11.8 Å². The molecule has 1 fully saturated rings. The smallest absolute Gasteiger partial charge is 0.550 e. The molecule has 0 bridgehead atoms. The molecule has 554 valence electrons. The number of aromatic nitrogens is 2. The van der Waals surface area contributed by atoms with Crippen molar-refractivity contribution in [2.24, 2.45) is 45.9 Å². The zero-order chi connectivity index (χ0) is 74.3. The van der Waals surface area contributed by atoms with Crippen LogP contribution in [-0.2, 0) is 99.4 Å². The third kappa shape index (κ3) is 29.2. The maximum atomic E-state index is 14.9. The number of imidazole rings is 1. The molecule has 3 heterocycles. The summed E-state index contributed by atoms with van der Waals surface area (Å²) in [5.41, 5.74) is 18.7. The summed E-state index contributed by atoms with van der Waals surface area (Å²) in [4.78, 5) is 206. The summed E-state index contributed by atoms with van der Waals surface area (Å²) in [7, 11) is 0. The fourth-order valence-electron chi connectivity index (χ4n) is 10.8. The molecule has 18 N–H and O–H groups in total. The van der Waals surface area contributed by atoms with Crippen LogP contribution in [0.2, 0.25) is 0 Å². The van der Waals surface area contributed by atoms with Gasteiger partial charge in [0.05, 0.1) is 30.4 Å². The van der Waals surface area contributed by atoms with Gasteiger partial charge in [-0.25, -0.2) is 4.98 Å². The van der Waals surface area contributed by atoms with Gasteiger partial charge in [-0.2, -0.15) is 0 Å². The first-order chi connectivity index (χ1) is 47.4. The summed E-state index contributed by atoms with van der Waals surface area (Å²) in [5.74, 6) is -16.4. The Kier molecular flexibility index (Phi) is 37.9. The van der Waals surface area contributed by atoms with E-state index in [1.807, 2.05) is 13.8 Å². The Morgan fingerprint density at radius 2 is 1.26 bits per heavy atom. The number of carbonyl (C=O) groups is 14. The van der Waals surface area contributed by atoms with Crippen LogP contribution in [0.25, 0.3) is 0 Å². The summed E-state index contributed by atoms with van der Waals surface area (Å²) in [6.45, 7) is 14.1. The summed E-state index contributed by atoms with van der Waals surface area (Å²) < 4.78 is 0. The minimum Gasteiger partial charge on any atom is -0.550 e. The van der Waals surface area contributed by atoms with E-state index in [2.05, 4.69) is 73.4 Å². The zero-order valence-corrected chi connectivity index (χ0v) is 62.6. The molecular weight excluding hydrogens is 1380 g/mol. The molecule has 35 heteroatoms. The third-order valence-electron chi connectivity index (χ3n) is 17.5. The van der Waals surface area contributed by atoms with E-state index < -0.39 is 192 Å². The summed E-state index contributed by atoms with van der Waals surface area (Å²) in [6, 6.07) is -7.73. The van der Waals surface area contributed by atoms with Crippen LogP contribution in [0.15, 0.2) is 47.8 Å². The van der Waals surface area contributed by atoms with Gasteiger partial charge >= 0.3 is 19.5 Å². The van der Waals surface area contributed by atoms with Gasteiger partial charge in [0, 0.05) is 49.6 Å². The number of hydrogen-bond acceptors (Lipinski definition) is 21. The number of carbonyl (C=O) groups excluding carboxylic acids is 14. The molecule has 2 aliphatic rings. The Bertz CT molecular complexity index is 3170. The molecule has 1 aromatic heterocycles. The molecule has 0 spiro atoms. The van der Waals surface area contributed by atoms with Crippen LogP contribution in [0.4, 0.5) is 0 Å². The number of H-pyrrole nitrogens is 1. The van der Waals surface area contributed by atoms with Gasteiger partial charge in [-0.15, -0.1) is 0 Å². The molecule has 2 aliphatic heterocycles. The number of amides is 12. The Labute approximate surface area is 605 Å². The van der Waals surface area contributed by atoms with E-state index in [0.717, 1.165) is 6.42 Å². The maximum absolute atomic E-state index is 14.9. The molecule has 12 amide bonds. The first kappa shape index (κ1) is 86.8. The molecule has 33 nitrogen and oxygen atoms in total. The number of rotatable bonds is 31. The number of primary amides is 1. The monoisotopic (exact) mass is 1480 g/mol. The fraction of sp³-hybridized carbons (Fsp3) is 0.636. The number of carboxylic acid groups (broad SMARTS) is 2. The molecule has 1 unspecified atom stereocenters. The molecule has 0 radical (unpaired) electrons. The average Bonchev–Trinajstić information content (AvgIpc) is 1.74. The Morgan fingerprint density at radius 1 is 0.663 bits per heavy atom. The minimum atomic E-state index is -2.01. The van der Waals surface area contributed by atoms with Crippen molar-refractivity contribution in [3.8, 4) is 0 Å². The first-order valence-electron chi connectivity index (χ1n) is 34.1. The predicted octanol–water partition coefficient (Wildman–Crippen LogP) is -4.35. The van der Waals surface area contributed by atoms with Crippen LogP contribution in [0.1, 0.15) is 150 Å². The van der Waals surface area contributed by atoms with E-state index in [-0.39, 0.29) is 121 Å². The van der Waals surface area contributed by atoms with Gasteiger partial charge in [-0.05, 0) is 87.1 Å². The number of hydrogen-bond donors (Lipinski definition) is 15. The van der Waals surface area contributed by atoms with E-state index in [4.69, 9.17) is 17.2 Å². The summed E-state index contributed by atoms with van der Waals surface area (Å²) in [5, 5.41) is 52.5. The maximum Gasteiger partial charge on any atom is 2.00 e. The van der Waals surface area contributed by atoms with E-state index in [9.17, 15) is 77.3 Å². The number of carboxylic acids is 2. The van der Waals surface area contributed by atoms with Gasteiger partial charge < -0.3 is 100 Å². The number of aliphatic carboxylic acids is 2. The van der Waals surface area contributed by atoms with E-state index in [1.165, 1.54) is 24.3 Å². The predicted molar refractivity (Wildman–Crippen MR) is 364 cm³/mol. The van der Waals surface area contributed by atoms with Crippen molar-refractivity contribution in [2.75, 3.05) is 19.6 Å². The van der Waals surface area contributed by atoms with Crippen LogP contribution in [0.5, 0.6) is 0 Å². The van der Waals surface area contributed by atoms with Gasteiger partial charge in [-0.3, -0.25) is 62.5 Å². The topological polar surface area (TPSA) is 537 Å². The van der Waals surface area contributed by atoms with Gasteiger partial charge in [0.25, 0.3) is 0 Å². The number of aromatic amines is 1. The Morgan fingerprint density at radius 3 is 1.84 bits per heavy atom. The van der Waals surface area contributed by atoms with Crippen LogP contribution in [-0.4, -0.2) is 189 Å². The van der Waals surface area contributed by atoms with Crippen LogP contribution < -0.4 is 85.9 Å². The second kappa shape index (κ2) is 44.1. The first-order valence-corrected chi connectivity index (χ1v) is 34.9. The molecule has 0 aliphatic carbocycles. The van der Waals surface area contributed by atoms with Crippen molar-refractivity contribution >= 4 is 99.6 Å². The molecule has 1 aromatic carbocycles. The molecular formula is C66H101N17O16SZn.